The summed E-state index contributed by atoms with van der Waals surface area (Å²) in [7, 11) is 0. The van der Waals surface area contributed by atoms with Gasteiger partial charge in [0.15, 0.2) is 0 Å². The number of rotatable bonds is 2. The van der Waals surface area contributed by atoms with Crippen LogP contribution in [0.4, 0.5) is 10.2 Å². The lowest BCUT2D eigenvalue weighted by Crippen LogP contribution is -2.14. The molecule has 92 valence electrons. The van der Waals surface area contributed by atoms with Gasteiger partial charge in [-0.25, -0.2) is 9.37 Å². The van der Waals surface area contributed by atoms with Gasteiger partial charge in [-0.3, -0.25) is 4.79 Å². The standard InChI is InChI=1S/C13H10FIN2O/c1-8-2-4-11(14)10(6-8)13(18)17-12-5-3-9(15)7-16-12/h2-7H,1H3,(H,16,17,18). The van der Waals surface area contributed by atoms with Crippen LogP contribution in [0.2, 0.25) is 0 Å². The van der Waals surface area contributed by atoms with E-state index in [1.807, 2.05) is 6.07 Å². The summed E-state index contributed by atoms with van der Waals surface area (Å²) in [6.45, 7) is 1.80. The van der Waals surface area contributed by atoms with E-state index in [9.17, 15) is 9.18 Å². The largest absolute Gasteiger partial charge is 0.306 e. The van der Waals surface area contributed by atoms with Crippen molar-refractivity contribution >= 4 is 34.3 Å². The molecule has 0 saturated heterocycles. The van der Waals surface area contributed by atoms with Gasteiger partial charge in [-0.1, -0.05) is 11.6 Å². The van der Waals surface area contributed by atoms with Crippen LogP contribution in [0.25, 0.3) is 0 Å². The molecule has 0 spiro atoms. The van der Waals surface area contributed by atoms with Gasteiger partial charge in [-0.2, -0.15) is 0 Å². The molecule has 5 heteroatoms. The number of pyridine rings is 1. The van der Waals surface area contributed by atoms with Crippen molar-refractivity contribution in [3.8, 4) is 0 Å². The molecular formula is C13H10FIN2O. The Bertz CT molecular complexity index is 584. The van der Waals surface area contributed by atoms with Crippen LogP contribution in [0.1, 0.15) is 15.9 Å². The van der Waals surface area contributed by atoms with Crippen LogP contribution in [-0.4, -0.2) is 10.9 Å². The average Bonchev–Trinajstić information content (AvgIpc) is 2.35. The van der Waals surface area contributed by atoms with Crippen molar-refractivity contribution in [2.24, 2.45) is 0 Å². The predicted octanol–water partition coefficient (Wildman–Crippen LogP) is 3.39. The van der Waals surface area contributed by atoms with Crippen molar-refractivity contribution in [1.82, 2.24) is 4.98 Å². The van der Waals surface area contributed by atoms with Crippen LogP contribution in [0.5, 0.6) is 0 Å². The predicted molar refractivity (Wildman–Crippen MR) is 76.0 cm³/mol. The van der Waals surface area contributed by atoms with Crippen molar-refractivity contribution in [1.29, 1.82) is 0 Å². The highest BCUT2D eigenvalue weighted by molar-refractivity contribution is 14.1. The number of carbonyl (C=O) groups excluding carboxylic acids is 1. The fourth-order valence-electron chi connectivity index (χ4n) is 1.45. The van der Waals surface area contributed by atoms with Crippen LogP contribution >= 0.6 is 22.6 Å². The molecule has 1 aromatic carbocycles. The van der Waals surface area contributed by atoms with Gasteiger partial charge in [0, 0.05) is 9.77 Å². The number of amides is 1. The van der Waals surface area contributed by atoms with Crippen molar-refractivity contribution < 1.29 is 9.18 Å². The molecule has 18 heavy (non-hydrogen) atoms. The summed E-state index contributed by atoms with van der Waals surface area (Å²) in [5, 5.41) is 2.56. The second-order valence-electron chi connectivity index (χ2n) is 3.80. The number of aromatic nitrogens is 1. The summed E-state index contributed by atoms with van der Waals surface area (Å²) in [6, 6.07) is 7.90. The Morgan fingerprint density at radius 3 is 2.78 bits per heavy atom. The molecule has 1 aromatic heterocycles. The molecule has 0 radical (unpaired) electrons. The smallest absolute Gasteiger partial charge is 0.259 e. The highest BCUT2D eigenvalue weighted by atomic mass is 127. The quantitative estimate of drug-likeness (QED) is 0.839. The molecule has 3 nitrogen and oxygen atoms in total. The zero-order valence-electron chi connectivity index (χ0n) is 9.58. The van der Waals surface area contributed by atoms with Crippen molar-refractivity contribution in [3.05, 3.63) is 57.0 Å². The summed E-state index contributed by atoms with van der Waals surface area (Å²) in [5.74, 6) is -0.630. The fraction of sp³-hybridized carbons (Fsp3) is 0.0769. The second kappa shape index (κ2) is 5.43. The van der Waals surface area contributed by atoms with Crippen molar-refractivity contribution in [3.63, 3.8) is 0 Å². The molecular weight excluding hydrogens is 346 g/mol. The molecule has 0 aliphatic rings. The second-order valence-corrected chi connectivity index (χ2v) is 5.04. The van der Waals surface area contributed by atoms with E-state index in [4.69, 9.17) is 0 Å². The number of hydrogen-bond donors (Lipinski definition) is 1. The highest BCUT2D eigenvalue weighted by Gasteiger charge is 2.12. The van der Waals surface area contributed by atoms with E-state index >= 15 is 0 Å². The van der Waals surface area contributed by atoms with E-state index in [2.05, 4.69) is 32.9 Å². The summed E-state index contributed by atoms with van der Waals surface area (Å²) in [6.07, 6.45) is 1.63. The van der Waals surface area contributed by atoms with E-state index in [1.165, 1.54) is 12.1 Å². The first kappa shape index (κ1) is 12.9. The lowest BCUT2D eigenvalue weighted by atomic mass is 10.1. The van der Waals surface area contributed by atoms with Gasteiger partial charge in [0.1, 0.15) is 11.6 Å². The Morgan fingerprint density at radius 2 is 2.11 bits per heavy atom. The molecule has 0 atom stereocenters. The lowest BCUT2D eigenvalue weighted by molar-refractivity contribution is 0.102. The Hall–Kier alpha value is -1.50. The Labute approximate surface area is 118 Å². The molecule has 1 heterocycles. The first-order chi connectivity index (χ1) is 8.56. The normalized spacial score (nSPS) is 10.2. The number of benzene rings is 1. The van der Waals surface area contributed by atoms with Crippen molar-refractivity contribution in [2.75, 3.05) is 5.32 Å². The number of aryl methyl sites for hydroxylation is 1. The first-order valence-corrected chi connectivity index (χ1v) is 6.33. The average molecular weight is 356 g/mol. The van der Waals surface area contributed by atoms with Gasteiger partial charge in [0.2, 0.25) is 0 Å². The van der Waals surface area contributed by atoms with Gasteiger partial charge >= 0.3 is 0 Å². The summed E-state index contributed by atoms with van der Waals surface area (Å²) < 4.78 is 14.5. The number of hydrogen-bond acceptors (Lipinski definition) is 2. The van der Waals surface area contributed by atoms with Crippen LogP contribution in [0.15, 0.2) is 36.5 Å². The maximum Gasteiger partial charge on any atom is 0.259 e. The zero-order valence-corrected chi connectivity index (χ0v) is 11.7. The van der Waals surface area contributed by atoms with Gasteiger partial charge in [-0.15, -0.1) is 0 Å². The Kier molecular flexibility index (Phi) is 3.90. The van der Waals surface area contributed by atoms with E-state index < -0.39 is 11.7 Å². The van der Waals surface area contributed by atoms with Crippen molar-refractivity contribution in [2.45, 2.75) is 6.92 Å². The van der Waals surface area contributed by atoms with Crippen LogP contribution in [0, 0.1) is 16.3 Å². The number of carbonyl (C=O) groups is 1. The third-order valence-electron chi connectivity index (χ3n) is 2.34. The number of halogens is 2. The van der Waals surface area contributed by atoms with Gasteiger partial charge in [0.25, 0.3) is 5.91 Å². The zero-order chi connectivity index (χ0) is 13.1. The molecule has 0 fully saturated rings. The summed E-state index contributed by atoms with van der Waals surface area (Å²) in [5.41, 5.74) is 0.854. The van der Waals surface area contributed by atoms with Crippen LogP contribution in [0.3, 0.4) is 0 Å². The molecule has 0 unspecified atom stereocenters. The molecule has 1 N–H and O–H groups in total. The minimum atomic E-state index is -0.538. The van der Waals surface area contributed by atoms with Crippen LogP contribution in [-0.2, 0) is 0 Å². The molecule has 2 rings (SSSR count). The van der Waals surface area contributed by atoms with E-state index in [0.29, 0.717) is 5.82 Å². The summed E-state index contributed by atoms with van der Waals surface area (Å²) in [4.78, 5) is 15.9. The van der Waals surface area contributed by atoms with Gasteiger partial charge < -0.3 is 5.32 Å². The topological polar surface area (TPSA) is 42.0 Å². The lowest BCUT2D eigenvalue weighted by Gasteiger charge is -2.06. The maximum absolute atomic E-state index is 13.5. The first-order valence-electron chi connectivity index (χ1n) is 5.25. The molecule has 0 saturated carbocycles. The molecule has 0 aliphatic heterocycles. The van der Waals surface area contributed by atoms with Crippen LogP contribution < -0.4 is 5.32 Å². The minimum absolute atomic E-state index is 0.0235. The fourth-order valence-corrected chi connectivity index (χ4v) is 1.77. The maximum atomic E-state index is 13.5. The van der Waals surface area contributed by atoms with Gasteiger partial charge in [-0.05, 0) is 53.8 Å². The highest BCUT2D eigenvalue weighted by Crippen LogP contribution is 2.13. The third kappa shape index (κ3) is 3.04. The number of anilines is 1. The number of nitrogens with zero attached hydrogens (tertiary/aromatic N) is 1. The third-order valence-corrected chi connectivity index (χ3v) is 2.97. The Morgan fingerprint density at radius 1 is 1.33 bits per heavy atom. The van der Waals surface area contributed by atoms with E-state index in [0.717, 1.165) is 9.13 Å². The molecule has 0 aliphatic carbocycles. The molecule has 1 amide bonds. The summed E-state index contributed by atoms with van der Waals surface area (Å²) >= 11 is 2.12. The minimum Gasteiger partial charge on any atom is -0.306 e. The SMILES string of the molecule is Cc1ccc(F)c(C(=O)Nc2ccc(I)cn2)c1. The van der Waals surface area contributed by atoms with Gasteiger partial charge in [0.05, 0.1) is 5.56 Å². The van der Waals surface area contributed by atoms with E-state index in [-0.39, 0.29) is 5.56 Å². The Balaban J connectivity index is 2.21. The monoisotopic (exact) mass is 356 g/mol. The van der Waals surface area contributed by atoms with E-state index in [1.54, 1.807) is 25.3 Å². The number of nitrogens with one attached hydrogen (secondary N) is 1. The molecule has 0 bridgehead atoms. The molecule has 2 aromatic rings.